The topological polar surface area (TPSA) is 70.6 Å². The summed E-state index contributed by atoms with van der Waals surface area (Å²) >= 11 is 7.54. The summed E-state index contributed by atoms with van der Waals surface area (Å²) in [5.74, 6) is -1.13. The van der Waals surface area contributed by atoms with Crippen molar-refractivity contribution >= 4 is 66.4 Å². The number of benzene rings is 2. The van der Waals surface area contributed by atoms with Crippen molar-refractivity contribution in [3.05, 3.63) is 53.1 Å². The molecule has 0 aliphatic heterocycles. The number of carbonyl (C=O) groups is 1. The highest BCUT2D eigenvalue weighted by molar-refractivity contribution is 7.92. The molecule has 1 aromatic heterocycles. The number of likely N-dealkylation sites (N-methyl/N-ethyl adjacent to an activating group) is 1. The molecule has 0 bridgehead atoms. The Bertz CT molecular complexity index is 1130. The van der Waals surface area contributed by atoms with Crippen LogP contribution in [0.1, 0.15) is 5.56 Å². The molecule has 0 aliphatic carbocycles. The summed E-state index contributed by atoms with van der Waals surface area (Å²) in [5, 5.41) is 0.941. The number of anilines is 1. The predicted molar refractivity (Wildman–Crippen MR) is 126 cm³/mol. The Balaban J connectivity index is 0.00000320. The number of amides is 1. The molecule has 1 amide bonds. The van der Waals surface area contributed by atoms with Gasteiger partial charge in [-0.3, -0.25) is 9.69 Å². The number of sulfone groups is 1. The summed E-state index contributed by atoms with van der Waals surface area (Å²) in [5.41, 5.74) is 1.56. The Morgan fingerprint density at radius 3 is 2.37 bits per heavy atom. The standard InChI is InChI=1S/C20H22ClN3O3S2.ClH/c1-14-7-9-15(10-8-14)29(26,27)13-18(25)24(12-11-23(2)3)20-22-19-16(21)5-4-6-17(19)28-20;/h4-10H,11-13H2,1-3H3;1H. The number of rotatable bonds is 7. The van der Waals surface area contributed by atoms with Crippen molar-refractivity contribution in [3.63, 3.8) is 0 Å². The van der Waals surface area contributed by atoms with Gasteiger partial charge in [0.1, 0.15) is 11.3 Å². The molecule has 6 nitrogen and oxygen atoms in total. The van der Waals surface area contributed by atoms with Crippen molar-refractivity contribution in [3.8, 4) is 0 Å². The van der Waals surface area contributed by atoms with Gasteiger partial charge in [-0.1, -0.05) is 46.7 Å². The number of thiazole rings is 1. The summed E-state index contributed by atoms with van der Waals surface area (Å²) in [4.78, 5) is 21.0. The summed E-state index contributed by atoms with van der Waals surface area (Å²) in [6.07, 6.45) is 0. The van der Waals surface area contributed by atoms with Crippen molar-refractivity contribution in [1.82, 2.24) is 9.88 Å². The maximum atomic E-state index is 13.0. The zero-order chi connectivity index (χ0) is 21.2. The molecular formula is C20H23Cl2N3O3S2. The molecule has 0 N–H and O–H groups in total. The van der Waals surface area contributed by atoms with E-state index >= 15 is 0 Å². The van der Waals surface area contributed by atoms with Gasteiger partial charge in [0, 0.05) is 13.1 Å². The van der Waals surface area contributed by atoms with Gasteiger partial charge in [0.2, 0.25) is 5.91 Å². The molecule has 0 unspecified atom stereocenters. The average molecular weight is 488 g/mol. The first-order chi connectivity index (χ1) is 13.7. The zero-order valence-corrected chi connectivity index (χ0v) is 20.0. The number of halogens is 2. The van der Waals surface area contributed by atoms with Gasteiger partial charge in [-0.05, 0) is 45.3 Å². The first-order valence-corrected chi connectivity index (χ1v) is 11.8. The van der Waals surface area contributed by atoms with Crippen molar-refractivity contribution in [2.24, 2.45) is 0 Å². The molecule has 30 heavy (non-hydrogen) atoms. The van der Waals surface area contributed by atoms with E-state index in [4.69, 9.17) is 11.6 Å². The lowest BCUT2D eigenvalue weighted by atomic mass is 10.2. The summed E-state index contributed by atoms with van der Waals surface area (Å²) in [7, 11) is 0.0195. The molecule has 3 rings (SSSR count). The fourth-order valence-corrected chi connectivity index (χ4v) is 5.22. The molecule has 1 heterocycles. The second kappa shape index (κ2) is 10.1. The smallest absolute Gasteiger partial charge is 0.244 e. The van der Waals surface area contributed by atoms with Gasteiger partial charge < -0.3 is 4.90 Å². The van der Waals surface area contributed by atoms with E-state index in [1.165, 1.54) is 28.4 Å². The number of nitrogens with zero attached hydrogens (tertiary/aromatic N) is 3. The van der Waals surface area contributed by atoms with Gasteiger partial charge in [-0.15, -0.1) is 12.4 Å². The molecule has 0 fully saturated rings. The van der Waals surface area contributed by atoms with Gasteiger partial charge in [0.25, 0.3) is 0 Å². The van der Waals surface area contributed by atoms with E-state index in [0.29, 0.717) is 28.8 Å². The van der Waals surface area contributed by atoms with E-state index in [0.717, 1.165) is 10.3 Å². The Morgan fingerprint density at radius 2 is 1.77 bits per heavy atom. The third kappa shape index (κ3) is 5.70. The van der Waals surface area contributed by atoms with E-state index in [1.54, 1.807) is 18.2 Å². The molecule has 0 radical (unpaired) electrons. The minimum Gasteiger partial charge on any atom is -0.308 e. The lowest BCUT2D eigenvalue weighted by Gasteiger charge is -2.22. The lowest BCUT2D eigenvalue weighted by molar-refractivity contribution is -0.116. The van der Waals surface area contributed by atoms with E-state index < -0.39 is 21.5 Å². The third-order valence-corrected chi connectivity index (χ3v) is 7.32. The van der Waals surface area contributed by atoms with Crippen molar-refractivity contribution in [2.75, 3.05) is 37.8 Å². The van der Waals surface area contributed by atoms with Crippen LogP contribution in [0.5, 0.6) is 0 Å². The summed E-state index contributed by atoms with van der Waals surface area (Å²) in [6, 6.07) is 11.9. The molecule has 162 valence electrons. The van der Waals surface area contributed by atoms with Crippen LogP contribution in [-0.4, -0.2) is 57.1 Å². The highest BCUT2D eigenvalue weighted by atomic mass is 35.5. The van der Waals surface area contributed by atoms with Gasteiger partial charge in [-0.2, -0.15) is 0 Å². The summed E-state index contributed by atoms with van der Waals surface area (Å²) < 4.78 is 26.4. The third-order valence-electron chi connectivity index (χ3n) is 4.35. The Morgan fingerprint density at radius 1 is 1.10 bits per heavy atom. The van der Waals surface area contributed by atoms with Crippen molar-refractivity contribution < 1.29 is 13.2 Å². The van der Waals surface area contributed by atoms with Crippen LogP contribution in [-0.2, 0) is 14.6 Å². The fraction of sp³-hybridized carbons (Fsp3) is 0.300. The average Bonchev–Trinajstić information content (AvgIpc) is 3.07. The molecule has 0 atom stereocenters. The number of para-hydroxylation sites is 1. The first kappa shape index (κ1) is 24.6. The molecule has 2 aromatic carbocycles. The van der Waals surface area contributed by atoms with Crippen LogP contribution in [0.15, 0.2) is 47.4 Å². The molecule has 0 saturated heterocycles. The van der Waals surface area contributed by atoms with Gasteiger partial charge in [0.05, 0.1) is 14.6 Å². The fourth-order valence-electron chi connectivity index (χ4n) is 2.72. The molecule has 0 saturated carbocycles. The van der Waals surface area contributed by atoms with Crippen LogP contribution in [0.25, 0.3) is 10.2 Å². The van der Waals surface area contributed by atoms with E-state index in [2.05, 4.69) is 4.98 Å². The van der Waals surface area contributed by atoms with Gasteiger partial charge in [-0.25, -0.2) is 13.4 Å². The van der Waals surface area contributed by atoms with Crippen LogP contribution in [0.4, 0.5) is 5.13 Å². The lowest BCUT2D eigenvalue weighted by Crippen LogP contribution is -2.40. The zero-order valence-electron chi connectivity index (χ0n) is 16.8. The largest absolute Gasteiger partial charge is 0.308 e. The highest BCUT2D eigenvalue weighted by Gasteiger charge is 2.26. The number of aromatic nitrogens is 1. The quantitative estimate of drug-likeness (QED) is 0.502. The highest BCUT2D eigenvalue weighted by Crippen LogP contribution is 2.33. The van der Waals surface area contributed by atoms with E-state index in [9.17, 15) is 13.2 Å². The molecule has 0 spiro atoms. The minimum absolute atomic E-state index is 0. The van der Waals surface area contributed by atoms with Crippen molar-refractivity contribution in [1.29, 1.82) is 0 Å². The number of aryl methyl sites for hydroxylation is 1. The second-order valence-corrected chi connectivity index (χ2v) is 10.4. The normalized spacial score (nSPS) is 11.5. The number of fused-ring (bicyclic) bond motifs is 1. The maximum absolute atomic E-state index is 13.0. The van der Waals surface area contributed by atoms with Gasteiger partial charge >= 0.3 is 0 Å². The monoisotopic (exact) mass is 487 g/mol. The number of carbonyl (C=O) groups excluding carboxylic acids is 1. The number of hydrogen-bond acceptors (Lipinski definition) is 6. The SMILES string of the molecule is Cc1ccc(S(=O)(=O)CC(=O)N(CCN(C)C)c2nc3c(Cl)cccc3s2)cc1.Cl. The molecule has 3 aromatic rings. The second-order valence-electron chi connectivity index (χ2n) is 7.00. The first-order valence-electron chi connectivity index (χ1n) is 8.97. The summed E-state index contributed by atoms with van der Waals surface area (Å²) in [6.45, 7) is 2.77. The van der Waals surface area contributed by atoms with E-state index in [-0.39, 0.29) is 17.3 Å². The van der Waals surface area contributed by atoms with Crippen LogP contribution in [0.2, 0.25) is 5.02 Å². The molecule has 10 heteroatoms. The Hall–Kier alpha value is -1.71. The van der Waals surface area contributed by atoms with Crippen LogP contribution in [0, 0.1) is 6.92 Å². The predicted octanol–water partition coefficient (Wildman–Crippen LogP) is 4.05. The van der Waals surface area contributed by atoms with Gasteiger partial charge in [0.15, 0.2) is 15.0 Å². The minimum atomic E-state index is -3.76. The van der Waals surface area contributed by atoms with Crippen molar-refractivity contribution in [2.45, 2.75) is 11.8 Å². The number of hydrogen-bond donors (Lipinski definition) is 0. The van der Waals surface area contributed by atoms with Crippen LogP contribution >= 0.6 is 35.3 Å². The Kier molecular flexibility index (Phi) is 8.24. The molecule has 0 aliphatic rings. The molecular weight excluding hydrogens is 465 g/mol. The van der Waals surface area contributed by atoms with E-state index in [1.807, 2.05) is 38.1 Å². The van der Waals surface area contributed by atoms with Crippen LogP contribution < -0.4 is 4.90 Å². The maximum Gasteiger partial charge on any atom is 0.244 e. The van der Waals surface area contributed by atoms with Crippen LogP contribution in [0.3, 0.4) is 0 Å². The Labute approximate surface area is 191 Å².